The Hall–Kier alpha value is -1.68. The molecule has 100 valence electrons. The van der Waals surface area contributed by atoms with E-state index in [9.17, 15) is 0 Å². The van der Waals surface area contributed by atoms with Gasteiger partial charge in [0.15, 0.2) is 0 Å². The molecule has 4 heteroatoms. The van der Waals surface area contributed by atoms with E-state index >= 15 is 0 Å². The van der Waals surface area contributed by atoms with Crippen molar-refractivity contribution in [2.75, 3.05) is 13.1 Å². The fourth-order valence-corrected chi connectivity index (χ4v) is 3.01. The Kier molecular flexibility index (Phi) is 3.60. The number of hydrogen-bond acceptors (Lipinski definition) is 2. The molecule has 1 aromatic heterocycles. The standard InChI is InChI=1S/C15H20N4/c1-18-12-16-17-15(18)14-7-9-19(10-8-14)11-13-5-3-2-4-6-13/h2-6,12,14H,7-11H2,1H3/p+1. The highest BCUT2D eigenvalue weighted by atomic mass is 15.3. The van der Waals surface area contributed by atoms with Gasteiger partial charge in [0.05, 0.1) is 13.1 Å². The highest BCUT2D eigenvalue weighted by Crippen LogP contribution is 2.21. The molecule has 1 N–H and O–H groups in total. The van der Waals surface area contributed by atoms with Crippen LogP contribution < -0.4 is 4.90 Å². The summed E-state index contributed by atoms with van der Waals surface area (Å²) in [4.78, 5) is 1.68. The number of aromatic nitrogens is 3. The van der Waals surface area contributed by atoms with Crippen LogP contribution in [0.5, 0.6) is 0 Å². The first kappa shape index (κ1) is 12.4. The van der Waals surface area contributed by atoms with Gasteiger partial charge in [0.1, 0.15) is 18.7 Å². The molecule has 1 saturated heterocycles. The van der Waals surface area contributed by atoms with Crippen molar-refractivity contribution in [3.8, 4) is 0 Å². The van der Waals surface area contributed by atoms with Crippen LogP contribution in [0, 0.1) is 0 Å². The zero-order valence-electron chi connectivity index (χ0n) is 11.4. The predicted molar refractivity (Wildman–Crippen MR) is 73.8 cm³/mol. The van der Waals surface area contributed by atoms with Gasteiger partial charge in [-0.3, -0.25) is 0 Å². The molecule has 4 nitrogen and oxygen atoms in total. The van der Waals surface area contributed by atoms with Gasteiger partial charge in [0, 0.05) is 31.4 Å². The molecule has 0 saturated carbocycles. The zero-order chi connectivity index (χ0) is 13.1. The Labute approximate surface area is 114 Å². The summed E-state index contributed by atoms with van der Waals surface area (Å²) in [6.07, 6.45) is 4.24. The van der Waals surface area contributed by atoms with Crippen LogP contribution in [-0.4, -0.2) is 27.9 Å². The van der Waals surface area contributed by atoms with Gasteiger partial charge >= 0.3 is 0 Å². The van der Waals surface area contributed by atoms with Crippen molar-refractivity contribution in [3.63, 3.8) is 0 Å². The first-order valence-corrected chi connectivity index (χ1v) is 7.04. The Morgan fingerprint density at radius 3 is 2.58 bits per heavy atom. The number of likely N-dealkylation sites (tertiary alicyclic amines) is 1. The quantitative estimate of drug-likeness (QED) is 0.882. The molecule has 2 heterocycles. The highest BCUT2D eigenvalue weighted by Gasteiger charge is 2.26. The first-order chi connectivity index (χ1) is 9.33. The van der Waals surface area contributed by atoms with Crippen molar-refractivity contribution in [1.82, 2.24) is 14.8 Å². The van der Waals surface area contributed by atoms with Crippen molar-refractivity contribution >= 4 is 0 Å². The number of rotatable bonds is 3. The van der Waals surface area contributed by atoms with Crippen molar-refractivity contribution in [2.45, 2.75) is 25.3 Å². The van der Waals surface area contributed by atoms with Crippen LogP contribution in [-0.2, 0) is 13.6 Å². The number of benzene rings is 1. The van der Waals surface area contributed by atoms with E-state index in [2.05, 4.69) is 45.1 Å². The molecule has 0 bridgehead atoms. The SMILES string of the molecule is Cn1cnnc1C1CC[NH+](Cc2ccccc2)CC1. The van der Waals surface area contributed by atoms with Crippen LogP contribution in [0.2, 0.25) is 0 Å². The molecule has 0 amide bonds. The van der Waals surface area contributed by atoms with E-state index in [1.54, 1.807) is 11.2 Å². The summed E-state index contributed by atoms with van der Waals surface area (Å²) >= 11 is 0. The van der Waals surface area contributed by atoms with Gasteiger partial charge in [-0.15, -0.1) is 10.2 Å². The fraction of sp³-hybridized carbons (Fsp3) is 0.467. The third kappa shape index (κ3) is 2.84. The van der Waals surface area contributed by atoms with E-state index in [0.717, 1.165) is 12.4 Å². The third-order valence-electron chi connectivity index (χ3n) is 4.10. The molecular formula is C15H21N4+. The summed E-state index contributed by atoms with van der Waals surface area (Å²) in [7, 11) is 2.04. The lowest BCUT2D eigenvalue weighted by Gasteiger charge is -2.28. The summed E-state index contributed by atoms with van der Waals surface area (Å²) in [5.74, 6) is 1.74. The number of quaternary nitrogens is 1. The molecule has 19 heavy (non-hydrogen) atoms. The van der Waals surface area contributed by atoms with Gasteiger partial charge < -0.3 is 9.47 Å². The zero-order valence-corrected chi connectivity index (χ0v) is 11.4. The van der Waals surface area contributed by atoms with Crippen LogP contribution in [0.3, 0.4) is 0 Å². The molecule has 0 aliphatic carbocycles. The molecule has 0 spiro atoms. The number of piperidine rings is 1. The molecule has 1 aromatic carbocycles. The van der Waals surface area contributed by atoms with Crippen LogP contribution in [0.4, 0.5) is 0 Å². The maximum atomic E-state index is 4.25. The van der Waals surface area contributed by atoms with Gasteiger partial charge in [-0.25, -0.2) is 0 Å². The van der Waals surface area contributed by atoms with Crippen molar-refractivity contribution in [3.05, 3.63) is 48.0 Å². The number of nitrogens with one attached hydrogen (secondary N) is 1. The van der Waals surface area contributed by atoms with Gasteiger partial charge in [-0.1, -0.05) is 30.3 Å². The molecule has 0 atom stereocenters. The Morgan fingerprint density at radius 1 is 1.21 bits per heavy atom. The largest absolute Gasteiger partial charge is 0.331 e. The van der Waals surface area contributed by atoms with Gasteiger partial charge in [-0.05, 0) is 0 Å². The third-order valence-corrected chi connectivity index (χ3v) is 4.10. The van der Waals surface area contributed by atoms with Crippen molar-refractivity contribution < 1.29 is 4.90 Å². The molecule has 0 unspecified atom stereocenters. The van der Waals surface area contributed by atoms with Gasteiger partial charge in [0.2, 0.25) is 0 Å². The van der Waals surface area contributed by atoms with Gasteiger partial charge in [-0.2, -0.15) is 0 Å². The minimum atomic E-state index is 0.590. The van der Waals surface area contributed by atoms with E-state index in [1.807, 2.05) is 7.05 Å². The second-order valence-corrected chi connectivity index (χ2v) is 5.49. The molecular weight excluding hydrogens is 236 g/mol. The summed E-state index contributed by atoms with van der Waals surface area (Å²) in [6, 6.07) is 10.8. The average Bonchev–Trinajstić information content (AvgIpc) is 2.87. The Bertz CT molecular complexity index is 512. The average molecular weight is 257 g/mol. The maximum Gasteiger partial charge on any atom is 0.136 e. The molecule has 2 aromatic rings. The minimum Gasteiger partial charge on any atom is -0.331 e. The lowest BCUT2D eigenvalue weighted by Crippen LogP contribution is -3.11. The topological polar surface area (TPSA) is 35.1 Å². The van der Waals surface area contributed by atoms with E-state index in [0.29, 0.717) is 5.92 Å². The smallest absolute Gasteiger partial charge is 0.136 e. The lowest BCUT2D eigenvalue weighted by molar-refractivity contribution is -0.919. The Balaban J connectivity index is 1.57. The molecule has 1 fully saturated rings. The summed E-state index contributed by atoms with van der Waals surface area (Å²) in [6.45, 7) is 3.60. The summed E-state index contributed by atoms with van der Waals surface area (Å²) in [5.41, 5.74) is 1.44. The number of nitrogens with zero attached hydrogens (tertiary/aromatic N) is 3. The molecule has 0 radical (unpaired) electrons. The maximum absolute atomic E-state index is 4.25. The first-order valence-electron chi connectivity index (χ1n) is 7.04. The van der Waals surface area contributed by atoms with Gasteiger partial charge in [0.25, 0.3) is 0 Å². The second-order valence-electron chi connectivity index (χ2n) is 5.49. The van der Waals surface area contributed by atoms with Crippen LogP contribution >= 0.6 is 0 Å². The van der Waals surface area contributed by atoms with E-state index in [1.165, 1.54) is 31.5 Å². The predicted octanol–water partition coefficient (Wildman–Crippen LogP) is 0.778. The second kappa shape index (κ2) is 5.53. The summed E-state index contributed by atoms with van der Waals surface area (Å²) < 4.78 is 2.06. The van der Waals surface area contributed by atoms with Crippen LogP contribution in [0.15, 0.2) is 36.7 Å². The lowest BCUT2D eigenvalue weighted by atomic mass is 9.95. The fourth-order valence-electron chi connectivity index (χ4n) is 3.01. The van der Waals surface area contributed by atoms with E-state index in [4.69, 9.17) is 0 Å². The van der Waals surface area contributed by atoms with Crippen molar-refractivity contribution in [1.29, 1.82) is 0 Å². The normalized spacial score (nSPS) is 23.4. The number of aryl methyl sites for hydroxylation is 1. The van der Waals surface area contributed by atoms with E-state index in [-0.39, 0.29) is 0 Å². The highest BCUT2D eigenvalue weighted by molar-refractivity contribution is 5.13. The Morgan fingerprint density at radius 2 is 1.95 bits per heavy atom. The van der Waals surface area contributed by atoms with Crippen LogP contribution in [0.25, 0.3) is 0 Å². The van der Waals surface area contributed by atoms with Crippen molar-refractivity contribution in [2.24, 2.45) is 7.05 Å². The van der Waals surface area contributed by atoms with Crippen LogP contribution in [0.1, 0.15) is 30.1 Å². The molecule has 1 aliphatic rings. The monoisotopic (exact) mass is 257 g/mol. The summed E-state index contributed by atoms with van der Waals surface area (Å²) in [5, 5.41) is 8.24. The van der Waals surface area contributed by atoms with E-state index < -0.39 is 0 Å². The minimum absolute atomic E-state index is 0.590. The molecule has 1 aliphatic heterocycles. The number of hydrogen-bond donors (Lipinski definition) is 1. The molecule has 3 rings (SSSR count).